The van der Waals surface area contributed by atoms with E-state index in [1.807, 2.05) is 0 Å². The Labute approximate surface area is 156 Å². The van der Waals surface area contributed by atoms with Crippen LogP contribution in [0.15, 0.2) is 24.4 Å². The van der Waals surface area contributed by atoms with Gasteiger partial charge in [0.25, 0.3) is 0 Å². The minimum Gasteiger partial charge on any atom is -0.495 e. The van der Waals surface area contributed by atoms with Crippen molar-refractivity contribution in [3.05, 3.63) is 46.4 Å². The standard InChI is InChI=1S/C17H13ClF4N2O3/c1-26-8-4-9-10(6-24-16(9)23-5-8)15(25)13-11(19)2-3-12(14(13)18)27-7-17(20,21)22/h2-5,10H,6-7H2,1H3,(H,23,24). The zero-order chi connectivity index (χ0) is 19.8. The van der Waals surface area contributed by atoms with Crippen LogP contribution >= 0.6 is 11.6 Å². The summed E-state index contributed by atoms with van der Waals surface area (Å²) in [6.07, 6.45) is -3.14. The molecule has 3 rings (SSSR count). The first-order chi connectivity index (χ1) is 12.7. The van der Waals surface area contributed by atoms with Crippen LogP contribution in [0.5, 0.6) is 11.5 Å². The number of anilines is 1. The molecular weight excluding hydrogens is 392 g/mol. The summed E-state index contributed by atoms with van der Waals surface area (Å²) in [7, 11) is 1.43. The van der Waals surface area contributed by atoms with E-state index in [1.165, 1.54) is 13.3 Å². The maximum absolute atomic E-state index is 14.3. The Morgan fingerprint density at radius 1 is 1.41 bits per heavy atom. The average Bonchev–Trinajstić information content (AvgIpc) is 3.03. The van der Waals surface area contributed by atoms with E-state index in [1.54, 1.807) is 6.07 Å². The molecule has 1 unspecified atom stereocenters. The molecule has 1 aliphatic rings. The lowest BCUT2D eigenvalue weighted by atomic mass is 9.92. The number of halogens is 5. The van der Waals surface area contributed by atoms with Crippen molar-refractivity contribution < 1.29 is 31.8 Å². The van der Waals surface area contributed by atoms with Gasteiger partial charge in [0.05, 0.1) is 29.8 Å². The fourth-order valence-corrected chi connectivity index (χ4v) is 3.03. The molecule has 1 aliphatic heterocycles. The summed E-state index contributed by atoms with van der Waals surface area (Å²) in [6, 6.07) is 3.38. The molecule has 0 aliphatic carbocycles. The van der Waals surface area contributed by atoms with Gasteiger partial charge in [-0.2, -0.15) is 13.2 Å². The number of carbonyl (C=O) groups excluding carboxylic acids is 1. The number of rotatable bonds is 5. The molecule has 1 aromatic carbocycles. The van der Waals surface area contributed by atoms with Crippen molar-refractivity contribution in [1.82, 2.24) is 4.98 Å². The van der Waals surface area contributed by atoms with Crippen LogP contribution in [0.1, 0.15) is 21.8 Å². The highest BCUT2D eigenvalue weighted by Gasteiger charge is 2.35. The number of nitrogens with zero attached hydrogens (tertiary/aromatic N) is 1. The highest BCUT2D eigenvalue weighted by atomic mass is 35.5. The normalized spacial score (nSPS) is 15.9. The largest absolute Gasteiger partial charge is 0.495 e. The first-order valence-electron chi connectivity index (χ1n) is 7.71. The molecule has 0 saturated carbocycles. The number of benzene rings is 1. The van der Waals surface area contributed by atoms with Crippen molar-refractivity contribution in [1.29, 1.82) is 0 Å². The summed E-state index contributed by atoms with van der Waals surface area (Å²) < 4.78 is 61.0. The van der Waals surface area contributed by atoms with Gasteiger partial charge in [-0.25, -0.2) is 9.37 Å². The SMILES string of the molecule is COc1cnc2c(c1)C(C(=O)c1c(F)ccc(OCC(F)(F)F)c1Cl)CN2. The maximum atomic E-state index is 14.3. The van der Waals surface area contributed by atoms with E-state index < -0.39 is 46.6 Å². The number of alkyl halides is 3. The van der Waals surface area contributed by atoms with Gasteiger partial charge in [0.1, 0.15) is 23.1 Å². The minimum atomic E-state index is -4.60. The van der Waals surface area contributed by atoms with E-state index >= 15 is 0 Å². The molecule has 0 bridgehead atoms. The van der Waals surface area contributed by atoms with Crippen LogP contribution in [0, 0.1) is 5.82 Å². The lowest BCUT2D eigenvalue weighted by Crippen LogP contribution is -2.20. The van der Waals surface area contributed by atoms with Gasteiger partial charge in [-0.1, -0.05) is 11.6 Å². The molecule has 0 amide bonds. The zero-order valence-electron chi connectivity index (χ0n) is 13.9. The molecule has 10 heteroatoms. The molecule has 2 aromatic rings. The molecular formula is C17H13ClF4N2O3. The Morgan fingerprint density at radius 3 is 2.81 bits per heavy atom. The second kappa shape index (κ2) is 7.22. The molecule has 0 fully saturated rings. The molecule has 0 radical (unpaired) electrons. The molecule has 2 heterocycles. The first kappa shape index (κ1) is 19.2. The van der Waals surface area contributed by atoms with Crippen LogP contribution in [0.4, 0.5) is 23.4 Å². The van der Waals surface area contributed by atoms with Crippen molar-refractivity contribution in [2.75, 3.05) is 25.6 Å². The molecule has 1 aromatic heterocycles. The van der Waals surface area contributed by atoms with Crippen LogP contribution in [-0.4, -0.2) is 37.2 Å². The van der Waals surface area contributed by atoms with Gasteiger partial charge >= 0.3 is 6.18 Å². The Hall–Kier alpha value is -2.55. The van der Waals surface area contributed by atoms with Crippen molar-refractivity contribution in [3.63, 3.8) is 0 Å². The van der Waals surface area contributed by atoms with E-state index in [9.17, 15) is 22.4 Å². The van der Waals surface area contributed by atoms with Gasteiger partial charge in [-0.3, -0.25) is 4.79 Å². The van der Waals surface area contributed by atoms with Crippen LogP contribution in [0.25, 0.3) is 0 Å². The summed E-state index contributed by atoms with van der Waals surface area (Å²) in [6.45, 7) is -1.47. The number of hydrogen-bond acceptors (Lipinski definition) is 5. The Morgan fingerprint density at radius 2 is 2.15 bits per heavy atom. The third kappa shape index (κ3) is 3.92. The number of nitrogens with one attached hydrogen (secondary N) is 1. The number of aromatic nitrogens is 1. The summed E-state index contributed by atoms with van der Waals surface area (Å²) in [5, 5.41) is 2.41. The monoisotopic (exact) mass is 404 g/mol. The average molecular weight is 405 g/mol. The van der Waals surface area contributed by atoms with Crippen molar-refractivity contribution >= 4 is 23.2 Å². The number of hydrogen-bond donors (Lipinski definition) is 1. The van der Waals surface area contributed by atoms with Crippen molar-refractivity contribution in [2.24, 2.45) is 0 Å². The Bertz CT molecular complexity index is 889. The van der Waals surface area contributed by atoms with Gasteiger partial charge in [0, 0.05) is 12.1 Å². The van der Waals surface area contributed by atoms with E-state index in [0.29, 0.717) is 17.1 Å². The van der Waals surface area contributed by atoms with Gasteiger partial charge in [-0.15, -0.1) is 0 Å². The van der Waals surface area contributed by atoms with Gasteiger partial charge in [0.2, 0.25) is 0 Å². The molecule has 0 saturated heterocycles. The quantitative estimate of drug-likeness (QED) is 0.597. The topological polar surface area (TPSA) is 60.5 Å². The van der Waals surface area contributed by atoms with Crippen LogP contribution in [-0.2, 0) is 0 Å². The predicted molar refractivity (Wildman–Crippen MR) is 89.3 cm³/mol. The molecule has 5 nitrogen and oxygen atoms in total. The zero-order valence-corrected chi connectivity index (χ0v) is 14.6. The third-order valence-electron chi connectivity index (χ3n) is 3.99. The summed E-state index contributed by atoms with van der Waals surface area (Å²) in [5.41, 5.74) is -0.0461. The number of methoxy groups -OCH3 is 1. The summed E-state index contributed by atoms with van der Waals surface area (Å²) in [4.78, 5) is 17.0. The van der Waals surface area contributed by atoms with Gasteiger partial charge < -0.3 is 14.8 Å². The summed E-state index contributed by atoms with van der Waals surface area (Å²) >= 11 is 5.99. The van der Waals surface area contributed by atoms with Crippen LogP contribution < -0.4 is 14.8 Å². The van der Waals surface area contributed by atoms with Crippen LogP contribution in [0.3, 0.4) is 0 Å². The molecule has 1 atom stereocenters. The fourth-order valence-electron chi connectivity index (χ4n) is 2.73. The first-order valence-corrected chi connectivity index (χ1v) is 8.08. The van der Waals surface area contributed by atoms with Gasteiger partial charge in [0.15, 0.2) is 12.4 Å². The molecule has 27 heavy (non-hydrogen) atoms. The third-order valence-corrected chi connectivity index (χ3v) is 4.36. The highest BCUT2D eigenvalue weighted by molar-refractivity contribution is 6.35. The Balaban J connectivity index is 1.94. The lowest BCUT2D eigenvalue weighted by Gasteiger charge is -2.15. The van der Waals surface area contributed by atoms with E-state index in [2.05, 4.69) is 15.0 Å². The van der Waals surface area contributed by atoms with Crippen molar-refractivity contribution in [2.45, 2.75) is 12.1 Å². The number of fused-ring (bicyclic) bond motifs is 1. The predicted octanol–water partition coefficient (Wildman–Crippen LogP) is 4.22. The molecule has 1 N–H and O–H groups in total. The number of carbonyl (C=O) groups is 1. The Kier molecular flexibility index (Phi) is 5.14. The van der Waals surface area contributed by atoms with Crippen LogP contribution in [0.2, 0.25) is 5.02 Å². The highest BCUT2D eigenvalue weighted by Crippen LogP contribution is 2.39. The second-order valence-corrected chi connectivity index (χ2v) is 6.13. The number of ether oxygens (including phenoxy) is 2. The van der Waals surface area contributed by atoms with Crippen molar-refractivity contribution in [3.8, 4) is 11.5 Å². The fraction of sp³-hybridized carbons (Fsp3) is 0.294. The smallest absolute Gasteiger partial charge is 0.422 e. The van der Waals surface area contributed by atoms with E-state index in [-0.39, 0.29) is 6.54 Å². The number of ketones is 1. The number of Topliss-reactive ketones (excluding diaryl/α,β-unsaturated/α-hetero) is 1. The maximum Gasteiger partial charge on any atom is 0.422 e. The van der Waals surface area contributed by atoms with E-state index in [4.69, 9.17) is 16.3 Å². The minimum absolute atomic E-state index is 0.137. The molecule has 144 valence electrons. The van der Waals surface area contributed by atoms with Gasteiger partial charge in [-0.05, 0) is 18.2 Å². The summed E-state index contributed by atoms with van der Waals surface area (Å²) in [5.74, 6) is -2.05. The second-order valence-electron chi connectivity index (χ2n) is 5.75. The molecule has 0 spiro atoms. The number of pyridine rings is 1. The lowest BCUT2D eigenvalue weighted by molar-refractivity contribution is -0.153. The van der Waals surface area contributed by atoms with E-state index in [0.717, 1.165) is 12.1 Å².